The van der Waals surface area contributed by atoms with Crippen LogP contribution in [0.2, 0.25) is 0 Å². The van der Waals surface area contributed by atoms with Crippen LogP contribution in [0.3, 0.4) is 0 Å². The predicted octanol–water partition coefficient (Wildman–Crippen LogP) is 5.06. The van der Waals surface area contributed by atoms with Gasteiger partial charge in [-0.05, 0) is 36.6 Å². The first-order valence-electron chi connectivity index (χ1n) is 8.50. The number of carbonyl (C=O) groups excluding carboxylic acids is 1. The van der Waals surface area contributed by atoms with Crippen molar-refractivity contribution in [2.45, 2.75) is 19.4 Å². The standard InChI is InChI=1S/C20H16F3NO2S/c1-26-10-13-17-14(22)5-2-6-16(17)27-19(13)20(25)24-7-3-4-11-8-12(21)9-15(23)18(11)24/h2,5-6,8-9H,3-4,7,10H2,1H3. The summed E-state index contributed by atoms with van der Waals surface area (Å²) in [4.78, 5) is 14.9. The number of amides is 1. The van der Waals surface area contributed by atoms with E-state index >= 15 is 0 Å². The molecular weight excluding hydrogens is 375 g/mol. The van der Waals surface area contributed by atoms with Crippen molar-refractivity contribution < 1.29 is 22.7 Å². The highest BCUT2D eigenvalue weighted by atomic mass is 32.1. The van der Waals surface area contributed by atoms with E-state index < -0.39 is 23.4 Å². The number of nitrogens with zero attached hydrogens (tertiary/aromatic N) is 1. The fourth-order valence-electron chi connectivity index (χ4n) is 3.60. The molecule has 0 bridgehead atoms. The van der Waals surface area contributed by atoms with Crippen molar-refractivity contribution in [2.75, 3.05) is 18.6 Å². The van der Waals surface area contributed by atoms with E-state index in [9.17, 15) is 18.0 Å². The van der Waals surface area contributed by atoms with Crippen molar-refractivity contribution in [3.05, 3.63) is 63.8 Å². The van der Waals surface area contributed by atoms with E-state index in [1.165, 1.54) is 24.1 Å². The summed E-state index contributed by atoms with van der Waals surface area (Å²) >= 11 is 1.16. The lowest BCUT2D eigenvalue weighted by Crippen LogP contribution is -2.36. The number of ether oxygens (including phenoxy) is 1. The van der Waals surface area contributed by atoms with Crippen LogP contribution in [0.1, 0.15) is 27.2 Å². The molecule has 0 unspecified atom stereocenters. The van der Waals surface area contributed by atoms with E-state index in [1.807, 2.05) is 0 Å². The van der Waals surface area contributed by atoms with E-state index in [0.717, 1.165) is 17.4 Å². The second-order valence-electron chi connectivity index (χ2n) is 6.41. The monoisotopic (exact) mass is 391 g/mol. The minimum absolute atomic E-state index is 0.0641. The van der Waals surface area contributed by atoms with Crippen LogP contribution in [0.15, 0.2) is 30.3 Å². The molecule has 1 amide bonds. The van der Waals surface area contributed by atoms with Gasteiger partial charge in [0, 0.05) is 35.4 Å². The third kappa shape index (κ3) is 3.00. The molecule has 0 saturated carbocycles. The van der Waals surface area contributed by atoms with Gasteiger partial charge in [-0.1, -0.05) is 6.07 Å². The maximum atomic E-state index is 14.5. The van der Waals surface area contributed by atoms with Crippen molar-refractivity contribution in [3.8, 4) is 0 Å². The molecule has 1 aliphatic heterocycles. The average molecular weight is 391 g/mol. The molecule has 0 spiro atoms. The van der Waals surface area contributed by atoms with Crippen LogP contribution < -0.4 is 4.90 Å². The van der Waals surface area contributed by atoms with Crippen LogP contribution >= 0.6 is 11.3 Å². The Balaban J connectivity index is 1.86. The zero-order valence-electron chi connectivity index (χ0n) is 14.5. The van der Waals surface area contributed by atoms with Crippen LogP contribution in [-0.4, -0.2) is 19.6 Å². The highest BCUT2D eigenvalue weighted by molar-refractivity contribution is 7.21. The number of anilines is 1. The molecule has 0 radical (unpaired) electrons. The van der Waals surface area contributed by atoms with Gasteiger partial charge in [-0.3, -0.25) is 4.79 Å². The third-order valence-corrected chi connectivity index (χ3v) is 5.88. The van der Waals surface area contributed by atoms with Crippen LogP contribution in [0.4, 0.5) is 18.9 Å². The number of methoxy groups -OCH3 is 1. The van der Waals surface area contributed by atoms with Crippen LogP contribution in [0.25, 0.3) is 10.1 Å². The molecule has 0 aliphatic carbocycles. The normalized spacial score (nSPS) is 13.9. The van der Waals surface area contributed by atoms with Gasteiger partial charge in [0.2, 0.25) is 0 Å². The lowest BCUT2D eigenvalue weighted by Gasteiger charge is -2.30. The summed E-state index contributed by atoms with van der Waals surface area (Å²) < 4.78 is 48.2. The molecule has 0 saturated heterocycles. The van der Waals surface area contributed by atoms with E-state index in [0.29, 0.717) is 45.5 Å². The quantitative estimate of drug-likeness (QED) is 0.625. The minimum Gasteiger partial charge on any atom is -0.380 e. The largest absolute Gasteiger partial charge is 0.380 e. The van der Waals surface area contributed by atoms with Gasteiger partial charge in [0.15, 0.2) is 0 Å². The second kappa shape index (κ2) is 6.98. The van der Waals surface area contributed by atoms with Gasteiger partial charge < -0.3 is 9.64 Å². The summed E-state index contributed by atoms with van der Waals surface area (Å²) in [5, 5.41) is 0.351. The summed E-state index contributed by atoms with van der Waals surface area (Å²) in [6, 6.07) is 6.70. The fourth-order valence-corrected chi connectivity index (χ4v) is 4.77. The Morgan fingerprint density at radius 1 is 1.22 bits per heavy atom. The first-order valence-corrected chi connectivity index (χ1v) is 9.31. The van der Waals surface area contributed by atoms with Gasteiger partial charge in [-0.15, -0.1) is 11.3 Å². The molecule has 1 aromatic heterocycles. The topological polar surface area (TPSA) is 29.5 Å². The maximum absolute atomic E-state index is 14.5. The molecule has 0 N–H and O–H groups in total. The van der Waals surface area contributed by atoms with Crippen molar-refractivity contribution >= 4 is 33.0 Å². The van der Waals surface area contributed by atoms with E-state index in [2.05, 4.69) is 0 Å². The van der Waals surface area contributed by atoms with Crippen LogP contribution in [0.5, 0.6) is 0 Å². The zero-order chi connectivity index (χ0) is 19.1. The SMILES string of the molecule is COCc1c(C(=O)N2CCCc3cc(F)cc(F)c32)sc2cccc(F)c12. The van der Waals surface area contributed by atoms with Crippen molar-refractivity contribution in [2.24, 2.45) is 0 Å². The molecule has 2 aromatic carbocycles. The number of thiophene rings is 1. The Kier molecular flexibility index (Phi) is 4.65. The molecule has 2 heterocycles. The highest BCUT2D eigenvalue weighted by Gasteiger charge is 2.31. The van der Waals surface area contributed by atoms with Crippen LogP contribution in [0, 0.1) is 17.5 Å². The van der Waals surface area contributed by atoms with E-state index in [-0.39, 0.29) is 12.3 Å². The highest BCUT2D eigenvalue weighted by Crippen LogP contribution is 2.38. The Morgan fingerprint density at radius 2 is 2.04 bits per heavy atom. The lowest BCUT2D eigenvalue weighted by molar-refractivity contribution is 0.0983. The summed E-state index contributed by atoms with van der Waals surface area (Å²) in [5.41, 5.74) is 1.02. The number of hydrogen-bond acceptors (Lipinski definition) is 3. The van der Waals surface area contributed by atoms with E-state index in [1.54, 1.807) is 12.1 Å². The lowest BCUT2D eigenvalue weighted by atomic mass is 10.0. The smallest absolute Gasteiger partial charge is 0.268 e. The Hall–Kier alpha value is -2.38. The summed E-state index contributed by atoms with van der Waals surface area (Å²) in [5.74, 6) is -2.28. The van der Waals surface area contributed by atoms with Gasteiger partial charge in [-0.25, -0.2) is 13.2 Å². The van der Waals surface area contributed by atoms with Gasteiger partial charge in [-0.2, -0.15) is 0 Å². The van der Waals surface area contributed by atoms with E-state index in [4.69, 9.17) is 4.74 Å². The fraction of sp³-hybridized carbons (Fsp3) is 0.250. The Labute approximate surface area is 158 Å². The van der Waals surface area contributed by atoms with Crippen molar-refractivity contribution in [3.63, 3.8) is 0 Å². The number of halogens is 3. The molecule has 4 rings (SSSR count). The van der Waals surface area contributed by atoms with Gasteiger partial charge in [0.25, 0.3) is 5.91 Å². The Morgan fingerprint density at radius 3 is 2.81 bits per heavy atom. The van der Waals surface area contributed by atoms with Gasteiger partial charge in [0.1, 0.15) is 17.5 Å². The average Bonchev–Trinajstić information content (AvgIpc) is 3.00. The minimum atomic E-state index is -0.765. The van der Waals surface area contributed by atoms with Crippen LogP contribution in [-0.2, 0) is 17.8 Å². The molecule has 140 valence electrons. The number of aryl methyl sites for hydroxylation is 1. The van der Waals surface area contributed by atoms with Gasteiger partial charge in [0.05, 0.1) is 17.2 Å². The number of carbonyl (C=O) groups is 1. The molecule has 3 aromatic rings. The number of rotatable bonds is 3. The number of benzene rings is 2. The maximum Gasteiger partial charge on any atom is 0.268 e. The third-order valence-electron chi connectivity index (χ3n) is 4.70. The second-order valence-corrected chi connectivity index (χ2v) is 7.46. The summed E-state index contributed by atoms with van der Waals surface area (Å²) in [6.45, 7) is 0.381. The zero-order valence-corrected chi connectivity index (χ0v) is 15.3. The van der Waals surface area contributed by atoms with Gasteiger partial charge >= 0.3 is 0 Å². The summed E-state index contributed by atoms with van der Waals surface area (Å²) in [6.07, 6.45) is 1.10. The number of hydrogen-bond donors (Lipinski definition) is 0. The molecule has 0 atom stereocenters. The van der Waals surface area contributed by atoms with Crippen molar-refractivity contribution in [1.82, 2.24) is 0 Å². The molecule has 1 aliphatic rings. The Bertz CT molecular complexity index is 1050. The molecule has 3 nitrogen and oxygen atoms in total. The first kappa shape index (κ1) is 18.0. The molecule has 27 heavy (non-hydrogen) atoms. The molecule has 0 fully saturated rings. The van der Waals surface area contributed by atoms with Crippen molar-refractivity contribution in [1.29, 1.82) is 0 Å². The number of fused-ring (bicyclic) bond motifs is 2. The summed E-state index contributed by atoms with van der Waals surface area (Å²) in [7, 11) is 1.47. The molecular formula is C20H16F3NO2S. The first-order chi connectivity index (χ1) is 13.0. The molecule has 7 heteroatoms. The predicted molar refractivity (Wildman–Crippen MR) is 98.9 cm³/mol.